The van der Waals surface area contributed by atoms with Crippen LogP contribution in [0.3, 0.4) is 0 Å². The lowest BCUT2D eigenvalue weighted by Gasteiger charge is -2.04. The number of rotatable bonds is 4. The molecule has 1 heterocycles. The highest BCUT2D eigenvalue weighted by Gasteiger charge is 2.16. The summed E-state index contributed by atoms with van der Waals surface area (Å²) in [6.07, 6.45) is 0. The molecular weight excluding hydrogens is 294 g/mol. The number of carbonyl (C=O) groups is 1. The predicted molar refractivity (Wildman–Crippen MR) is 84.6 cm³/mol. The van der Waals surface area contributed by atoms with E-state index < -0.39 is 5.97 Å². The van der Waals surface area contributed by atoms with Crippen molar-refractivity contribution in [2.24, 2.45) is 0 Å². The summed E-state index contributed by atoms with van der Waals surface area (Å²) in [4.78, 5) is 12.1. The van der Waals surface area contributed by atoms with Crippen molar-refractivity contribution in [2.45, 2.75) is 6.92 Å². The molecule has 1 aromatic heterocycles. The molecule has 0 amide bonds. The molecule has 0 atom stereocenters. The van der Waals surface area contributed by atoms with Gasteiger partial charge in [-0.25, -0.2) is 4.79 Å². The van der Waals surface area contributed by atoms with E-state index in [0.29, 0.717) is 11.5 Å². The summed E-state index contributed by atoms with van der Waals surface area (Å²) in [6, 6.07) is 16.1. The Morgan fingerprint density at radius 3 is 2.52 bits per heavy atom. The van der Waals surface area contributed by atoms with Crippen molar-refractivity contribution in [3.05, 3.63) is 65.9 Å². The van der Waals surface area contributed by atoms with E-state index in [1.807, 2.05) is 43.3 Å². The number of hydrogen-bond acceptors (Lipinski definition) is 5. The Hall–Kier alpha value is -3.08. The SMILES string of the molecule is COc1ccc(-c2cc(C(=O)Oc3ccccc3C)no2)cc1. The molecule has 0 bridgehead atoms. The minimum Gasteiger partial charge on any atom is -0.497 e. The average Bonchev–Trinajstić information content (AvgIpc) is 3.07. The van der Waals surface area contributed by atoms with Gasteiger partial charge in [0.25, 0.3) is 0 Å². The quantitative estimate of drug-likeness (QED) is 0.540. The van der Waals surface area contributed by atoms with E-state index >= 15 is 0 Å². The maximum atomic E-state index is 12.1. The van der Waals surface area contributed by atoms with Gasteiger partial charge in [-0.1, -0.05) is 23.4 Å². The second-order valence-corrected chi connectivity index (χ2v) is 4.96. The van der Waals surface area contributed by atoms with Crippen molar-refractivity contribution in [3.63, 3.8) is 0 Å². The molecule has 0 aliphatic carbocycles. The third kappa shape index (κ3) is 3.23. The van der Waals surface area contributed by atoms with E-state index in [2.05, 4.69) is 5.16 Å². The average molecular weight is 309 g/mol. The fourth-order valence-electron chi connectivity index (χ4n) is 2.09. The number of methoxy groups -OCH3 is 1. The molecule has 0 radical (unpaired) electrons. The van der Waals surface area contributed by atoms with Crippen LogP contribution in [0.1, 0.15) is 16.1 Å². The molecule has 0 spiro atoms. The lowest BCUT2D eigenvalue weighted by Crippen LogP contribution is -2.09. The number of nitrogens with zero attached hydrogens (tertiary/aromatic N) is 1. The summed E-state index contributed by atoms with van der Waals surface area (Å²) in [5, 5.41) is 3.78. The number of ether oxygens (including phenoxy) is 2. The second kappa shape index (κ2) is 6.36. The first-order valence-electron chi connectivity index (χ1n) is 7.06. The van der Waals surface area contributed by atoms with Crippen LogP contribution in [0.5, 0.6) is 11.5 Å². The van der Waals surface area contributed by atoms with Gasteiger partial charge in [0.05, 0.1) is 7.11 Å². The zero-order valence-electron chi connectivity index (χ0n) is 12.8. The number of carbonyl (C=O) groups excluding carboxylic acids is 1. The topological polar surface area (TPSA) is 61.6 Å². The Morgan fingerprint density at radius 2 is 1.83 bits per heavy atom. The van der Waals surface area contributed by atoms with Crippen LogP contribution in [-0.2, 0) is 0 Å². The molecule has 0 saturated carbocycles. The van der Waals surface area contributed by atoms with Gasteiger partial charge < -0.3 is 14.0 Å². The standard InChI is InChI=1S/C18H15NO4/c1-12-5-3-4-6-16(12)22-18(20)15-11-17(23-19-15)13-7-9-14(21-2)10-8-13/h3-11H,1-2H3. The Labute approximate surface area is 133 Å². The molecule has 23 heavy (non-hydrogen) atoms. The lowest BCUT2D eigenvalue weighted by atomic mass is 10.1. The highest BCUT2D eigenvalue weighted by atomic mass is 16.5. The fourth-order valence-corrected chi connectivity index (χ4v) is 2.09. The number of aryl methyl sites for hydroxylation is 1. The molecule has 5 heteroatoms. The maximum absolute atomic E-state index is 12.1. The molecule has 0 unspecified atom stereocenters. The summed E-state index contributed by atoms with van der Waals surface area (Å²) in [6.45, 7) is 1.87. The number of para-hydroxylation sites is 1. The van der Waals surface area contributed by atoms with Crippen LogP contribution in [0.15, 0.2) is 59.1 Å². The molecule has 3 rings (SSSR count). The van der Waals surface area contributed by atoms with Gasteiger partial charge in [-0.2, -0.15) is 0 Å². The van der Waals surface area contributed by atoms with Crippen molar-refractivity contribution in [2.75, 3.05) is 7.11 Å². The molecule has 0 N–H and O–H groups in total. The van der Waals surface area contributed by atoms with Crippen LogP contribution < -0.4 is 9.47 Å². The third-order valence-electron chi connectivity index (χ3n) is 3.39. The number of hydrogen-bond donors (Lipinski definition) is 0. The van der Waals surface area contributed by atoms with Gasteiger partial charge in [-0.15, -0.1) is 0 Å². The Morgan fingerprint density at radius 1 is 1.09 bits per heavy atom. The summed E-state index contributed by atoms with van der Waals surface area (Å²) in [7, 11) is 1.60. The van der Waals surface area contributed by atoms with Crippen molar-refractivity contribution >= 4 is 5.97 Å². The van der Waals surface area contributed by atoms with Crippen molar-refractivity contribution in [1.29, 1.82) is 0 Å². The molecule has 116 valence electrons. The monoisotopic (exact) mass is 309 g/mol. The van der Waals surface area contributed by atoms with Crippen LogP contribution in [0, 0.1) is 6.92 Å². The lowest BCUT2D eigenvalue weighted by molar-refractivity contribution is 0.0723. The summed E-state index contributed by atoms with van der Waals surface area (Å²) >= 11 is 0. The van der Waals surface area contributed by atoms with Gasteiger partial charge in [-0.05, 0) is 42.8 Å². The molecule has 5 nitrogen and oxygen atoms in total. The second-order valence-electron chi connectivity index (χ2n) is 4.96. The van der Waals surface area contributed by atoms with E-state index in [4.69, 9.17) is 14.0 Å². The zero-order valence-corrected chi connectivity index (χ0v) is 12.8. The smallest absolute Gasteiger partial charge is 0.365 e. The van der Waals surface area contributed by atoms with Gasteiger partial charge in [-0.3, -0.25) is 0 Å². The van der Waals surface area contributed by atoms with Crippen LogP contribution in [-0.4, -0.2) is 18.2 Å². The van der Waals surface area contributed by atoms with Gasteiger partial charge in [0.1, 0.15) is 11.5 Å². The number of aromatic nitrogens is 1. The van der Waals surface area contributed by atoms with Crippen molar-refractivity contribution < 1.29 is 18.8 Å². The van der Waals surface area contributed by atoms with Gasteiger partial charge in [0, 0.05) is 11.6 Å². The normalized spacial score (nSPS) is 10.3. The summed E-state index contributed by atoms with van der Waals surface area (Å²) < 4.78 is 15.7. The van der Waals surface area contributed by atoms with Crippen molar-refractivity contribution in [3.8, 4) is 22.8 Å². The molecule has 0 aliphatic rings. The predicted octanol–water partition coefficient (Wildman–Crippen LogP) is 3.88. The third-order valence-corrected chi connectivity index (χ3v) is 3.39. The highest BCUT2D eigenvalue weighted by Crippen LogP contribution is 2.24. The van der Waals surface area contributed by atoms with E-state index in [1.54, 1.807) is 25.3 Å². The van der Waals surface area contributed by atoms with Crippen molar-refractivity contribution in [1.82, 2.24) is 5.16 Å². The Balaban J connectivity index is 1.78. The van der Waals surface area contributed by atoms with Gasteiger partial charge in [0.15, 0.2) is 11.5 Å². The Kier molecular flexibility index (Phi) is 4.10. The van der Waals surface area contributed by atoms with Gasteiger partial charge >= 0.3 is 5.97 Å². The summed E-state index contributed by atoms with van der Waals surface area (Å²) in [5.41, 5.74) is 1.80. The first-order chi connectivity index (χ1) is 11.2. The van der Waals surface area contributed by atoms with E-state index in [0.717, 1.165) is 16.9 Å². The van der Waals surface area contributed by atoms with Crippen LogP contribution in [0.25, 0.3) is 11.3 Å². The Bertz CT molecular complexity index is 821. The minimum absolute atomic E-state index is 0.124. The molecule has 0 saturated heterocycles. The largest absolute Gasteiger partial charge is 0.497 e. The molecule has 0 fully saturated rings. The molecule has 2 aromatic carbocycles. The molecule has 0 aliphatic heterocycles. The minimum atomic E-state index is -0.553. The first kappa shape index (κ1) is 14.8. The zero-order chi connectivity index (χ0) is 16.2. The molecular formula is C18H15NO4. The summed E-state index contributed by atoms with van der Waals surface area (Å²) in [5.74, 6) is 1.19. The number of esters is 1. The van der Waals surface area contributed by atoms with E-state index in [-0.39, 0.29) is 5.69 Å². The van der Waals surface area contributed by atoms with Crippen LogP contribution in [0.4, 0.5) is 0 Å². The first-order valence-corrected chi connectivity index (χ1v) is 7.06. The van der Waals surface area contributed by atoms with Crippen LogP contribution in [0.2, 0.25) is 0 Å². The maximum Gasteiger partial charge on any atom is 0.365 e. The van der Waals surface area contributed by atoms with E-state index in [1.165, 1.54) is 0 Å². The molecule has 3 aromatic rings. The van der Waals surface area contributed by atoms with E-state index in [9.17, 15) is 4.79 Å². The van der Waals surface area contributed by atoms with Crippen LogP contribution >= 0.6 is 0 Å². The highest BCUT2D eigenvalue weighted by molar-refractivity contribution is 5.90. The van der Waals surface area contributed by atoms with Gasteiger partial charge in [0.2, 0.25) is 0 Å². The number of benzene rings is 2. The fraction of sp³-hybridized carbons (Fsp3) is 0.111.